The van der Waals surface area contributed by atoms with Crippen LogP contribution in [0.1, 0.15) is 16.3 Å². The fraction of sp³-hybridized carbons (Fsp3) is 0.412. The number of halogens is 2. The third kappa shape index (κ3) is 7.15. The van der Waals surface area contributed by atoms with Gasteiger partial charge in [-0.1, -0.05) is 12.1 Å². The number of aliphatic imine (C=N–C) groups is 1. The van der Waals surface area contributed by atoms with Gasteiger partial charge < -0.3 is 15.5 Å². The van der Waals surface area contributed by atoms with E-state index in [9.17, 15) is 4.39 Å². The highest BCUT2D eigenvalue weighted by molar-refractivity contribution is 14.0. The van der Waals surface area contributed by atoms with Crippen LogP contribution in [-0.2, 0) is 6.54 Å². The Labute approximate surface area is 169 Å². The van der Waals surface area contributed by atoms with E-state index in [-0.39, 0.29) is 29.8 Å². The van der Waals surface area contributed by atoms with E-state index < -0.39 is 0 Å². The number of thiazole rings is 1. The number of guanidine groups is 1. The first kappa shape index (κ1) is 21.6. The van der Waals surface area contributed by atoms with E-state index in [4.69, 9.17) is 0 Å². The van der Waals surface area contributed by atoms with Gasteiger partial charge in [0, 0.05) is 38.3 Å². The lowest BCUT2D eigenvalue weighted by atomic mass is 10.2. The summed E-state index contributed by atoms with van der Waals surface area (Å²) >= 11 is 1.67. The Kier molecular flexibility index (Phi) is 9.73. The van der Waals surface area contributed by atoms with Crippen LogP contribution in [0.4, 0.5) is 10.1 Å². The second kappa shape index (κ2) is 11.2. The minimum atomic E-state index is -0.191. The van der Waals surface area contributed by atoms with E-state index in [0.29, 0.717) is 12.2 Å². The largest absolute Gasteiger partial charge is 0.372 e. The Hall–Kier alpha value is -1.42. The number of benzene rings is 1. The van der Waals surface area contributed by atoms with Gasteiger partial charge in [-0.15, -0.1) is 35.3 Å². The Morgan fingerprint density at radius 2 is 2.08 bits per heavy atom. The number of hydrogen-bond acceptors (Lipinski definition) is 4. The molecule has 25 heavy (non-hydrogen) atoms. The molecule has 5 nitrogen and oxygen atoms in total. The molecule has 0 radical (unpaired) electrons. The number of para-hydroxylation sites is 1. The van der Waals surface area contributed by atoms with Crippen LogP contribution in [0.25, 0.3) is 0 Å². The molecule has 1 aromatic carbocycles. The minimum absolute atomic E-state index is 0. The Morgan fingerprint density at radius 3 is 2.72 bits per heavy atom. The van der Waals surface area contributed by atoms with Gasteiger partial charge in [-0.05, 0) is 25.5 Å². The molecule has 1 heterocycles. The molecule has 0 fully saturated rings. The van der Waals surface area contributed by atoms with Crippen molar-refractivity contribution in [2.75, 3.05) is 32.1 Å². The second-order valence-corrected chi connectivity index (χ2v) is 6.76. The first-order chi connectivity index (χ1) is 11.6. The molecule has 0 atom stereocenters. The zero-order chi connectivity index (χ0) is 17.4. The maximum atomic E-state index is 13.7. The molecule has 0 saturated heterocycles. The van der Waals surface area contributed by atoms with E-state index >= 15 is 0 Å². The lowest BCUT2D eigenvalue weighted by Gasteiger charge is -2.20. The summed E-state index contributed by atoms with van der Waals surface area (Å²) < 4.78 is 13.7. The summed E-state index contributed by atoms with van der Waals surface area (Å²) in [5, 5.41) is 7.54. The number of aryl methyl sites for hydroxylation is 1. The number of anilines is 1. The SMILES string of the molecule is CN=C(NCCCN(C)c1ccccc1F)NCc1ncc(C)s1.I. The van der Waals surface area contributed by atoms with E-state index in [0.717, 1.165) is 30.5 Å². The predicted molar refractivity (Wildman–Crippen MR) is 115 cm³/mol. The van der Waals surface area contributed by atoms with Gasteiger partial charge in [-0.25, -0.2) is 9.37 Å². The van der Waals surface area contributed by atoms with Crippen LogP contribution in [0, 0.1) is 12.7 Å². The van der Waals surface area contributed by atoms with Crippen molar-refractivity contribution >= 4 is 47.0 Å². The van der Waals surface area contributed by atoms with Crippen molar-refractivity contribution in [1.82, 2.24) is 15.6 Å². The van der Waals surface area contributed by atoms with Crippen LogP contribution in [0.3, 0.4) is 0 Å². The normalized spacial score (nSPS) is 11.0. The van der Waals surface area contributed by atoms with Crippen LogP contribution in [0.15, 0.2) is 35.5 Å². The average molecular weight is 477 g/mol. The molecule has 0 aliphatic carbocycles. The van der Waals surface area contributed by atoms with E-state index in [1.807, 2.05) is 31.1 Å². The van der Waals surface area contributed by atoms with Crippen molar-refractivity contribution in [3.63, 3.8) is 0 Å². The topological polar surface area (TPSA) is 52.6 Å². The van der Waals surface area contributed by atoms with Crippen LogP contribution >= 0.6 is 35.3 Å². The van der Waals surface area contributed by atoms with Crippen molar-refractivity contribution in [2.24, 2.45) is 4.99 Å². The van der Waals surface area contributed by atoms with E-state index in [2.05, 4.69) is 20.6 Å². The number of nitrogens with zero attached hydrogens (tertiary/aromatic N) is 3. The van der Waals surface area contributed by atoms with Crippen LogP contribution in [0.5, 0.6) is 0 Å². The molecule has 8 heteroatoms. The third-order valence-electron chi connectivity index (χ3n) is 3.53. The van der Waals surface area contributed by atoms with Crippen molar-refractivity contribution in [2.45, 2.75) is 19.9 Å². The van der Waals surface area contributed by atoms with Gasteiger partial charge in [0.2, 0.25) is 0 Å². The van der Waals surface area contributed by atoms with Gasteiger partial charge in [0.15, 0.2) is 5.96 Å². The van der Waals surface area contributed by atoms with Crippen LogP contribution < -0.4 is 15.5 Å². The van der Waals surface area contributed by atoms with E-state index in [1.54, 1.807) is 30.5 Å². The van der Waals surface area contributed by atoms with Gasteiger partial charge in [0.25, 0.3) is 0 Å². The lowest BCUT2D eigenvalue weighted by Crippen LogP contribution is -2.38. The van der Waals surface area contributed by atoms with Crippen LogP contribution in [0.2, 0.25) is 0 Å². The number of aromatic nitrogens is 1. The lowest BCUT2D eigenvalue weighted by molar-refractivity contribution is 0.619. The summed E-state index contributed by atoms with van der Waals surface area (Å²) in [6, 6.07) is 6.82. The van der Waals surface area contributed by atoms with Crippen molar-refractivity contribution in [1.29, 1.82) is 0 Å². The van der Waals surface area contributed by atoms with Crippen molar-refractivity contribution in [3.05, 3.63) is 46.2 Å². The first-order valence-electron chi connectivity index (χ1n) is 7.91. The molecular formula is C17H25FIN5S. The minimum Gasteiger partial charge on any atom is -0.372 e. The Balaban J connectivity index is 0.00000312. The molecule has 2 N–H and O–H groups in total. The zero-order valence-corrected chi connectivity index (χ0v) is 17.9. The molecule has 138 valence electrons. The van der Waals surface area contributed by atoms with Crippen molar-refractivity contribution in [3.8, 4) is 0 Å². The smallest absolute Gasteiger partial charge is 0.191 e. The number of rotatable bonds is 7. The monoisotopic (exact) mass is 477 g/mol. The molecule has 2 aromatic rings. The fourth-order valence-electron chi connectivity index (χ4n) is 2.27. The zero-order valence-electron chi connectivity index (χ0n) is 14.8. The highest BCUT2D eigenvalue weighted by atomic mass is 127. The van der Waals surface area contributed by atoms with Gasteiger partial charge in [0.05, 0.1) is 12.2 Å². The maximum absolute atomic E-state index is 13.7. The highest BCUT2D eigenvalue weighted by Gasteiger charge is 2.06. The second-order valence-electron chi connectivity index (χ2n) is 5.44. The fourth-order valence-corrected chi connectivity index (χ4v) is 2.99. The van der Waals surface area contributed by atoms with Crippen molar-refractivity contribution < 1.29 is 4.39 Å². The molecule has 1 aromatic heterocycles. The molecule has 0 bridgehead atoms. The van der Waals surface area contributed by atoms with Gasteiger partial charge >= 0.3 is 0 Å². The summed E-state index contributed by atoms with van der Waals surface area (Å²) in [5.41, 5.74) is 0.624. The number of nitrogens with one attached hydrogen (secondary N) is 2. The molecule has 2 rings (SSSR count). The summed E-state index contributed by atoms with van der Waals surface area (Å²) in [4.78, 5) is 11.6. The summed E-state index contributed by atoms with van der Waals surface area (Å²) in [6.07, 6.45) is 2.75. The molecular weight excluding hydrogens is 452 g/mol. The predicted octanol–water partition coefficient (Wildman–Crippen LogP) is 3.40. The Morgan fingerprint density at radius 1 is 1.32 bits per heavy atom. The third-order valence-corrected chi connectivity index (χ3v) is 4.44. The Bertz CT molecular complexity index is 677. The molecule has 0 aliphatic rings. The van der Waals surface area contributed by atoms with Crippen LogP contribution in [-0.4, -0.2) is 38.1 Å². The first-order valence-corrected chi connectivity index (χ1v) is 8.73. The molecule has 0 spiro atoms. The summed E-state index contributed by atoms with van der Waals surface area (Å²) in [5.74, 6) is 0.556. The summed E-state index contributed by atoms with van der Waals surface area (Å²) in [6.45, 7) is 4.22. The maximum Gasteiger partial charge on any atom is 0.191 e. The van der Waals surface area contributed by atoms with Gasteiger partial charge in [-0.3, -0.25) is 4.99 Å². The number of hydrogen-bond donors (Lipinski definition) is 2. The standard InChI is InChI=1S/C17H24FN5S.HI/c1-13-11-21-16(24-13)12-22-17(19-2)20-9-6-10-23(3)15-8-5-4-7-14(15)18;/h4-5,7-8,11H,6,9-10,12H2,1-3H3,(H2,19,20,22);1H. The highest BCUT2D eigenvalue weighted by Crippen LogP contribution is 2.16. The summed E-state index contributed by atoms with van der Waals surface area (Å²) in [7, 11) is 3.64. The molecule has 0 saturated carbocycles. The molecule has 0 aliphatic heterocycles. The van der Waals surface area contributed by atoms with Gasteiger partial charge in [0.1, 0.15) is 10.8 Å². The quantitative estimate of drug-likeness (QED) is 0.278. The molecule has 0 amide bonds. The van der Waals surface area contributed by atoms with E-state index in [1.165, 1.54) is 10.9 Å². The average Bonchev–Trinajstić information content (AvgIpc) is 3.00. The molecule has 0 unspecified atom stereocenters. The van der Waals surface area contributed by atoms with Gasteiger partial charge in [-0.2, -0.15) is 0 Å².